The lowest BCUT2D eigenvalue weighted by molar-refractivity contribution is 0.676. The second kappa shape index (κ2) is 2.66. The summed E-state index contributed by atoms with van der Waals surface area (Å²) in [5.41, 5.74) is 3.19. The van der Waals surface area contributed by atoms with E-state index in [1.54, 1.807) is 0 Å². The van der Waals surface area contributed by atoms with E-state index in [2.05, 4.69) is 28.6 Å². The third kappa shape index (κ3) is 0.944. The highest BCUT2D eigenvalue weighted by Crippen LogP contribution is 2.56. The van der Waals surface area contributed by atoms with Crippen molar-refractivity contribution in [1.82, 2.24) is 15.1 Å². The molecule has 1 aliphatic carbocycles. The maximum Gasteiger partial charge on any atom is 0.0679 e. The molecular formula is C13H15N3. The van der Waals surface area contributed by atoms with Gasteiger partial charge < -0.3 is 5.32 Å². The lowest BCUT2D eigenvalue weighted by atomic mass is 9.94. The van der Waals surface area contributed by atoms with Gasteiger partial charge in [-0.05, 0) is 36.6 Å². The Hall–Kier alpha value is -1.35. The van der Waals surface area contributed by atoms with Gasteiger partial charge in [-0.2, -0.15) is 5.10 Å². The minimum absolute atomic E-state index is 0.462. The molecule has 0 spiro atoms. The first-order chi connectivity index (χ1) is 7.79. The van der Waals surface area contributed by atoms with Crippen molar-refractivity contribution in [3.8, 4) is 0 Å². The number of hydrogen-bond donors (Lipinski definition) is 1. The molecule has 1 N–H and O–H groups in total. The van der Waals surface area contributed by atoms with E-state index in [0.717, 1.165) is 12.5 Å². The van der Waals surface area contributed by atoms with Crippen LogP contribution in [0.15, 0.2) is 24.4 Å². The summed E-state index contributed by atoms with van der Waals surface area (Å²) >= 11 is 0. The van der Waals surface area contributed by atoms with E-state index < -0.39 is 0 Å². The Morgan fingerprint density at radius 3 is 3.19 bits per heavy atom. The molecule has 2 atom stereocenters. The van der Waals surface area contributed by atoms with E-state index in [-0.39, 0.29) is 0 Å². The average Bonchev–Trinajstić information content (AvgIpc) is 2.69. The number of nitrogens with one attached hydrogen (secondary N) is 1. The summed E-state index contributed by atoms with van der Waals surface area (Å²) in [6, 6.07) is 6.83. The standard InChI is InChI=1S/C13H15N3/c1-16-12-3-2-10(4-9(12)6-15-16)13-5-11(13)7-14-8-13/h2-4,6,11,14H,5,7-8H2,1H3/t11-,13+/m1/s1. The van der Waals surface area contributed by atoms with Gasteiger partial charge >= 0.3 is 0 Å². The fourth-order valence-corrected chi connectivity index (χ4v) is 3.26. The molecular weight excluding hydrogens is 198 g/mol. The second-order valence-electron chi connectivity index (χ2n) is 5.23. The van der Waals surface area contributed by atoms with Crippen LogP contribution < -0.4 is 5.32 Å². The number of hydrogen-bond acceptors (Lipinski definition) is 2. The van der Waals surface area contributed by atoms with Gasteiger partial charge in [0.05, 0.1) is 11.7 Å². The molecule has 1 aromatic heterocycles. The van der Waals surface area contributed by atoms with Gasteiger partial charge in [-0.1, -0.05) is 6.07 Å². The van der Waals surface area contributed by atoms with E-state index in [0.29, 0.717) is 5.41 Å². The molecule has 16 heavy (non-hydrogen) atoms. The Kier molecular flexibility index (Phi) is 1.46. The van der Waals surface area contributed by atoms with E-state index in [9.17, 15) is 0 Å². The van der Waals surface area contributed by atoms with Gasteiger partial charge in [0.25, 0.3) is 0 Å². The number of fused-ring (bicyclic) bond motifs is 2. The molecule has 4 rings (SSSR count). The fourth-order valence-electron chi connectivity index (χ4n) is 3.26. The average molecular weight is 213 g/mol. The van der Waals surface area contributed by atoms with Crippen molar-refractivity contribution < 1.29 is 0 Å². The molecule has 1 saturated heterocycles. The van der Waals surface area contributed by atoms with Crippen LogP contribution in [0.2, 0.25) is 0 Å². The maximum atomic E-state index is 4.30. The highest BCUT2D eigenvalue weighted by molar-refractivity contribution is 5.79. The largest absolute Gasteiger partial charge is 0.316 e. The molecule has 0 radical (unpaired) electrons. The topological polar surface area (TPSA) is 29.9 Å². The fraction of sp³-hybridized carbons (Fsp3) is 0.462. The van der Waals surface area contributed by atoms with Crippen molar-refractivity contribution in [2.75, 3.05) is 13.1 Å². The quantitative estimate of drug-likeness (QED) is 0.776. The molecule has 2 heterocycles. The van der Waals surface area contributed by atoms with Crippen LogP contribution in [0.5, 0.6) is 0 Å². The van der Waals surface area contributed by atoms with Gasteiger partial charge in [0.2, 0.25) is 0 Å². The van der Waals surface area contributed by atoms with Crippen LogP contribution in [-0.4, -0.2) is 22.9 Å². The SMILES string of the molecule is Cn1ncc2cc([C@]34CNC[C@H]3C4)ccc21. The van der Waals surface area contributed by atoms with Crippen molar-refractivity contribution in [3.63, 3.8) is 0 Å². The minimum atomic E-state index is 0.462. The molecule has 1 aromatic carbocycles. The first-order valence-corrected chi connectivity index (χ1v) is 5.93. The third-order valence-corrected chi connectivity index (χ3v) is 4.38. The molecule has 1 aliphatic heterocycles. The number of benzene rings is 1. The number of piperidine rings is 1. The summed E-state index contributed by atoms with van der Waals surface area (Å²) in [5.74, 6) is 0.877. The Morgan fingerprint density at radius 2 is 2.44 bits per heavy atom. The Labute approximate surface area is 94.4 Å². The number of nitrogens with zero attached hydrogens (tertiary/aromatic N) is 2. The minimum Gasteiger partial charge on any atom is -0.316 e. The molecule has 82 valence electrons. The van der Waals surface area contributed by atoms with Crippen LogP contribution in [-0.2, 0) is 12.5 Å². The number of aromatic nitrogens is 2. The molecule has 3 nitrogen and oxygen atoms in total. The van der Waals surface area contributed by atoms with Crippen LogP contribution in [0.3, 0.4) is 0 Å². The summed E-state index contributed by atoms with van der Waals surface area (Å²) in [4.78, 5) is 0. The summed E-state index contributed by atoms with van der Waals surface area (Å²) in [6.45, 7) is 2.36. The second-order valence-corrected chi connectivity index (χ2v) is 5.23. The van der Waals surface area contributed by atoms with E-state index in [1.165, 1.54) is 29.4 Å². The van der Waals surface area contributed by atoms with Crippen molar-refractivity contribution >= 4 is 10.9 Å². The Morgan fingerprint density at radius 1 is 1.50 bits per heavy atom. The molecule has 0 amide bonds. The van der Waals surface area contributed by atoms with Gasteiger partial charge in [0.1, 0.15) is 0 Å². The van der Waals surface area contributed by atoms with Crippen LogP contribution in [0.4, 0.5) is 0 Å². The van der Waals surface area contributed by atoms with E-state index in [4.69, 9.17) is 0 Å². The first kappa shape index (κ1) is 8.76. The van der Waals surface area contributed by atoms with Crippen molar-refractivity contribution in [3.05, 3.63) is 30.0 Å². The number of aryl methyl sites for hydroxylation is 1. The molecule has 1 saturated carbocycles. The van der Waals surface area contributed by atoms with Crippen molar-refractivity contribution in [1.29, 1.82) is 0 Å². The summed E-state index contributed by atoms with van der Waals surface area (Å²) in [7, 11) is 2.00. The normalized spacial score (nSPS) is 31.9. The van der Waals surface area contributed by atoms with E-state index >= 15 is 0 Å². The lowest BCUT2D eigenvalue weighted by Gasteiger charge is -2.12. The Bertz CT molecular complexity index is 572. The predicted octanol–water partition coefficient (Wildman–Crippen LogP) is 1.43. The van der Waals surface area contributed by atoms with Gasteiger partial charge in [0.15, 0.2) is 0 Å². The zero-order valence-corrected chi connectivity index (χ0v) is 9.40. The van der Waals surface area contributed by atoms with Gasteiger partial charge in [0, 0.05) is 24.4 Å². The van der Waals surface area contributed by atoms with E-state index in [1.807, 2.05) is 17.9 Å². The molecule has 2 aliphatic rings. The van der Waals surface area contributed by atoms with Gasteiger partial charge in [-0.25, -0.2) is 0 Å². The lowest BCUT2D eigenvalue weighted by Crippen LogP contribution is -2.19. The van der Waals surface area contributed by atoms with Crippen molar-refractivity contribution in [2.45, 2.75) is 11.8 Å². The number of rotatable bonds is 1. The summed E-state index contributed by atoms with van der Waals surface area (Å²) < 4.78 is 1.94. The molecule has 2 aromatic rings. The maximum absolute atomic E-state index is 4.30. The van der Waals surface area contributed by atoms with Gasteiger partial charge in [-0.15, -0.1) is 0 Å². The van der Waals surface area contributed by atoms with Crippen LogP contribution in [0.1, 0.15) is 12.0 Å². The zero-order valence-electron chi connectivity index (χ0n) is 9.40. The molecule has 2 fully saturated rings. The highest BCUT2D eigenvalue weighted by Gasteiger charge is 2.57. The van der Waals surface area contributed by atoms with Crippen LogP contribution >= 0.6 is 0 Å². The van der Waals surface area contributed by atoms with Crippen LogP contribution in [0, 0.1) is 5.92 Å². The summed E-state index contributed by atoms with van der Waals surface area (Å²) in [6.07, 6.45) is 3.33. The first-order valence-electron chi connectivity index (χ1n) is 5.93. The van der Waals surface area contributed by atoms with Gasteiger partial charge in [-0.3, -0.25) is 4.68 Å². The van der Waals surface area contributed by atoms with Crippen molar-refractivity contribution in [2.24, 2.45) is 13.0 Å². The highest BCUT2D eigenvalue weighted by atomic mass is 15.2. The monoisotopic (exact) mass is 213 g/mol. The smallest absolute Gasteiger partial charge is 0.0679 e. The zero-order chi connectivity index (χ0) is 10.8. The molecule has 0 unspecified atom stereocenters. The Balaban J connectivity index is 1.87. The summed E-state index contributed by atoms with van der Waals surface area (Å²) in [5, 5.41) is 9.06. The molecule has 3 heteroatoms. The van der Waals surface area contributed by atoms with Crippen LogP contribution in [0.25, 0.3) is 10.9 Å². The molecule has 0 bridgehead atoms. The predicted molar refractivity (Wildman–Crippen MR) is 63.4 cm³/mol. The third-order valence-electron chi connectivity index (χ3n) is 4.38.